The van der Waals surface area contributed by atoms with Crippen molar-refractivity contribution in [1.82, 2.24) is 15.2 Å². The molecule has 3 rings (SSSR count). The lowest BCUT2D eigenvalue weighted by atomic mass is 10.1. The maximum absolute atomic E-state index is 12.4. The van der Waals surface area contributed by atoms with Gasteiger partial charge in [-0.05, 0) is 54.6 Å². The second-order valence-corrected chi connectivity index (χ2v) is 5.85. The summed E-state index contributed by atoms with van der Waals surface area (Å²) >= 11 is 0. The van der Waals surface area contributed by atoms with Crippen LogP contribution in [0.15, 0.2) is 67.5 Å². The van der Waals surface area contributed by atoms with Gasteiger partial charge in [-0.2, -0.15) is 5.10 Å². The number of carbonyl (C=O) groups is 2. The van der Waals surface area contributed by atoms with E-state index in [4.69, 9.17) is 4.74 Å². The van der Waals surface area contributed by atoms with Gasteiger partial charge >= 0.3 is 0 Å². The van der Waals surface area contributed by atoms with Crippen LogP contribution in [-0.2, 0) is 11.4 Å². The quantitative estimate of drug-likeness (QED) is 0.617. The fourth-order valence-electron chi connectivity index (χ4n) is 2.39. The van der Waals surface area contributed by atoms with Crippen molar-refractivity contribution in [1.29, 1.82) is 0 Å². The first-order chi connectivity index (χ1) is 13.6. The van der Waals surface area contributed by atoms with Gasteiger partial charge in [0.2, 0.25) is 5.91 Å². The van der Waals surface area contributed by atoms with Crippen molar-refractivity contribution in [2.24, 2.45) is 0 Å². The minimum atomic E-state index is -0.250. The van der Waals surface area contributed by atoms with Gasteiger partial charge in [-0.25, -0.2) is 4.98 Å². The maximum atomic E-state index is 12.4. The summed E-state index contributed by atoms with van der Waals surface area (Å²) < 4.78 is 5.57. The summed E-state index contributed by atoms with van der Waals surface area (Å²) in [5.41, 5.74) is 1.80. The fraction of sp³-hybridized carbons (Fsp3) is 0.100. The van der Waals surface area contributed by atoms with E-state index in [0.717, 1.165) is 0 Å². The van der Waals surface area contributed by atoms with Gasteiger partial charge in [0.05, 0.1) is 0 Å². The van der Waals surface area contributed by atoms with Gasteiger partial charge in [0.15, 0.2) is 5.82 Å². The molecule has 1 heterocycles. The predicted molar refractivity (Wildman–Crippen MR) is 105 cm³/mol. The molecule has 0 atom stereocenters. The number of hydrogen-bond acceptors (Lipinski definition) is 5. The van der Waals surface area contributed by atoms with Crippen molar-refractivity contribution in [2.45, 2.75) is 6.61 Å². The summed E-state index contributed by atoms with van der Waals surface area (Å²) in [5, 5.41) is 9.28. The molecule has 2 N–H and O–H groups in total. The molecule has 0 spiro atoms. The Morgan fingerprint density at radius 3 is 2.50 bits per heavy atom. The molecule has 0 aliphatic carbocycles. The van der Waals surface area contributed by atoms with Crippen LogP contribution in [0.1, 0.15) is 16.2 Å². The molecule has 0 saturated carbocycles. The van der Waals surface area contributed by atoms with E-state index in [9.17, 15) is 9.59 Å². The van der Waals surface area contributed by atoms with Gasteiger partial charge < -0.3 is 15.0 Å². The van der Waals surface area contributed by atoms with Crippen molar-refractivity contribution < 1.29 is 14.3 Å². The van der Waals surface area contributed by atoms with E-state index >= 15 is 0 Å². The first-order valence-electron chi connectivity index (χ1n) is 8.45. The standard InChI is InChI=1S/C20H19N5O3/c1-3-19(26)25(2)16-8-4-14(5-9-16)20(27)23-15-6-10-17(11-7-15)28-12-18-21-13-22-24-18/h3-11,13H,1,12H2,2H3,(H,23,27)(H,21,22,24). The Morgan fingerprint density at radius 2 is 1.89 bits per heavy atom. The molecule has 0 aliphatic heterocycles. The molecule has 2 aromatic carbocycles. The molecule has 8 heteroatoms. The molecule has 0 aliphatic rings. The number of hydrogen-bond donors (Lipinski definition) is 2. The molecule has 0 saturated heterocycles. The zero-order valence-electron chi connectivity index (χ0n) is 15.3. The Kier molecular flexibility index (Phi) is 5.81. The van der Waals surface area contributed by atoms with Crippen LogP contribution in [-0.4, -0.2) is 34.0 Å². The highest BCUT2D eigenvalue weighted by atomic mass is 16.5. The van der Waals surface area contributed by atoms with Crippen molar-refractivity contribution in [3.05, 3.63) is 78.9 Å². The molecule has 1 aromatic heterocycles. The van der Waals surface area contributed by atoms with Crippen LogP contribution in [0, 0.1) is 0 Å². The highest BCUT2D eigenvalue weighted by Crippen LogP contribution is 2.19. The summed E-state index contributed by atoms with van der Waals surface area (Å²) in [6.45, 7) is 3.74. The minimum absolute atomic E-state index is 0.220. The number of aromatic nitrogens is 3. The van der Waals surface area contributed by atoms with Crippen LogP contribution in [0.3, 0.4) is 0 Å². The number of anilines is 2. The number of amides is 2. The van der Waals surface area contributed by atoms with Crippen LogP contribution in [0.25, 0.3) is 0 Å². The molecule has 0 bridgehead atoms. The molecule has 28 heavy (non-hydrogen) atoms. The lowest BCUT2D eigenvalue weighted by Crippen LogP contribution is -2.23. The number of nitrogens with one attached hydrogen (secondary N) is 2. The van der Waals surface area contributed by atoms with Crippen LogP contribution >= 0.6 is 0 Å². The summed E-state index contributed by atoms with van der Waals surface area (Å²) in [6.07, 6.45) is 2.65. The second kappa shape index (κ2) is 8.63. The van der Waals surface area contributed by atoms with Crippen molar-refractivity contribution in [2.75, 3.05) is 17.3 Å². The van der Waals surface area contributed by atoms with Gasteiger partial charge in [-0.15, -0.1) is 0 Å². The number of rotatable bonds is 7. The minimum Gasteiger partial charge on any atom is -0.486 e. The average molecular weight is 377 g/mol. The van der Waals surface area contributed by atoms with E-state index < -0.39 is 0 Å². The maximum Gasteiger partial charge on any atom is 0.255 e. The summed E-state index contributed by atoms with van der Waals surface area (Å²) in [6, 6.07) is 13.7. The SMILES string of the molecule is C=CC(=O)N(C)c1ccc(C(=O)Nc2ccc(OCc3ncn[nH]3)cc2)cc1. The van der Waals surface area contributed by atoms with Crippen LogP contribution < -0.4 is 15.0 Å². The number of nitrogens with zero attached hydrogens (tertiary/aromatic N) is 3. The zero-order chi connectivity index (χ0) is 19.9. The summed E-state index contributed by atoms with van der Waals surface area (Å²) in [7, 11) is 1.64. The molecular formula is C20H19N5O3. The highest BCUT2D eigenvalue weighted by molar-refractivity contribution is 6.05. The van der Waals surface area contributed by atoms with E-state index in [0.29, 0.717) is 28.5 Å². The van der Waals surface area contributed by atoms with Gasteiger partial charge in [-0.3, -0.25) is 14.7 Å². The molecule has 0 radical (unpaired) electrons. The first-order valence-corrected chi connectivity index (χ1v) is 8.45. The normalized spacial score (nSPS) is 10.2. The van der Waals surface area contributed by atoms with Gasteiger partial charge in [-0.1, -0.05) is 6.58 Å². The van der Waals surface area contributed by atoms with Crippen LogP contribution in [0.4, 0.5) is 11.4 Å². The lowest BCUT2D eigenvalue weighted by Gasteiger charge is -2.15. The number of aromatic amines is 1. The topological polar surface area (TPSA) is 100 Å². The predicted octanol–water partition coefficient (Wildman–Crippen LogP) is 2.78. The lowest BCUT2D eigenvalue weighted by molar-refractivity contribution is -0.113. The van der Waals surface area contributed by atoms with E-state index in [1.807, 2.05) is 0 Å². The number of benzene rings is 2. The summed E-state index contributed by atoms with van der Waals surface area (Å²) in [4.78, 5) is 29.4. The molecule has 0 unspecified atom stereocenters. The second-order valence-electron chi connectivity index (χ2n) is 5.85. The van der Waals surface area contributed by atoms with E-state index in [-0.39, 0.29) is 18.4 Å². The first kappa shape index (κ1) is 18.8. The molecule has 142 valence electrons. The highest BCUT2D eigenvalue weighted by Gasteiger charge is 2.10. The van der Waals surface area contributed by atoms with Crippen molar-refractivity contribution in [3.63, 3.8) is 0 Å². The van der Waals surface area contributed by atoms with E-state index in [1.54, 1.807) is 55.6 Å². The summed E-state index contributed by atoms with van der Waals surface area (Å²) in [5.74, 6) is 0.803. The average Bonchev–Trinajstić information content (AvgIpc) is 3.26. The third kappa shape index (κ3) is 4.61. The Labute approximate surface area is 161 Å². The fourth-order valence-corrected chi connectivity index (χ4v) is 2.39. The monoisotopic (exact) mass is 377 g/mol. The largest absolute Gasteiger partial charge is 0.486 e. The van der Waals surface area contributed by atoms with Gasteiger partial charge in [0, 0.05) is 24.0 Å². The number of ether oxygens (including phenoxy) is 1. The van der Waals surface area contributed by atoms with Crippen LogP contribution in [0.5, 0.6) is 5.75 Å². The van der Waals surface area contributed by atoms with E-state index in [1.165, 1.54) is 17.3 Å². The molecule has 2 amide bonds. The number of H-pyrrole nitrogens is 1. The van der Waals surface area contributed by atoms with Gasteiger partial charge in [0.25, 0.3) is 5.91 Å². The number of carbonyl (C=O) groups excluding carboxylic acids is 2. The Hall–Kier alpha value is -3.94. The smallest absolute Gasteiger partial charge is 0.255 e. The Bertz CT molecular complexity index is 951. The van der Waals surface area contributed by atoms with Crippen molar-refractivity contribution in [3.8, 4) is 5.75 Å². The van der Waals surface area contributed by atoms with Gasteiger partial charge in [0.1, 0.15) is 18.7 Å². The third-order valence-corrected chi connectivity index (χ3v) is 3.97. The zero-order valence-corrected chi connectivity index (χ0v) is 15.3. The molecular weight excluding hydrogens is 358 g/mol. The van der Waals surface area contributed by atoms with Crippen LogP contribution in [0.2, 0.25) is 0 Å². The van der Waals surface area contributed by atoms with E-state index in [2.05, 4.69) is 27.1 Å². The third-order valence-electron chi connectivity index (χ3n) is 3.97. The molecule has 3 aromatic rings. The molecule has 8 nitrogen and oxygen atoms in total. The molecule has 0 fully saturated rings. The number of likely N-dealkylation sites (N-methyl/N-ethyl adjacent to an activating group) is 1. The Morgan fingerprint density at radius 1 is 1.18 bits per heavy atom. The Balaban J connectivity index is 1.58. The van der Waals surface area contributed by atoms with Crippen molar-refractivity contribution >= 4 is 23.2 Å².